The molecule has 1 saturated heterocycles. The molecular weight excluding hydrogens is 290 g/mol. The van der Waals surface area contributed by atoms with Gasteiger partial charge in [0.25, 0.3) is 0 Å². The van der Waals surface area contributed by atoms with Gasteiger partial charge in [0.15, 0.2) is 5.96 Å². The fourth-order valence-corrected chi connectivity index (χ4v) is 2.56. The van der Waals surface area contributed by atoms with Crippen molar-refractivity contribution in [2.24, 2.45) is 4.99 Å². The zero-order chi connectivity index (χ0) is 16.5. The quantitative estimate of drug-likeness (QED) is 0.599. The predicted octanol–water partition coefficient (Wildman–Crippen LogP) is 2.58. The molecule has 0 saturated carbocycles. The monoisotopic (exact) mass is 319 g/mol. The molecule has 128 valence electrons. The number of benzene rings is 1. The summed E-state index contributed by atoms with van der Waals surface area (Å²) in [5.74, 6) is 1.70. The summed E-state index contributed by atoms with van der Waals surface area (Å²) in [6.45, 7) is 9.29. The highest BCUT2D eigenvalue weighted by Crippen LogP contribution is 2.24. The fraction of sp³-hybridized carbons (Fsp3) is 0.611. The molecule has 0 radical (unpaired) electrons. The van der Waals surface area contributed by atoms with Crippen LogP contribution in [0.3, 0.4) is 0 Å². The number of para-hydroxylation sites is 1. The van der Waals surface area contributed by atoms with Crippen molar-refractivity contribution in [2.75, 3.05) is 26.2 Å². The maximum atomic E-state index is 5.87. The van der Waals surface area contributed by atoms with Crippen LogP contribution in [0.5, 0.6) is 5.75 Å². The third-order valence-electron chi connectivity index (χ3n) is 3.85. The van der Waals surface area contributed by atoms with E-state index >= 15 is 0 Å². The summed E-state index contributed by atoms with van der Waals surface area (Å²) in [5.41, 5.74) is -0.117. The summed E-state index contributed by atoms with van der Waals surface area (Å²) in [5, 5.41) is 6.61. The highest BCUT2D eigenvalue weighted by Gasteiger charge is 2.29. The predicted molar refractivity (Wildman–Crippen MR) is 94.1 cm³/mol. The number of nitrogens with one attached hydrogen (secondary N) is 2. The Balaban J connectivity index is 1.81. The second-order valence-electron chi connectivity index (χ2n) is 6.22. The van der Waals surface area contributed by atoms with Crippen molar-refractivity contribution < 1.29 is 9.47 Å². The van der Waals surface area contributed by atoms with Gasteiger partial charge in [0, 0.05) is 13.2 Å². The van der Waals surface area contributed by atoms with Crippen molar-refractivity contribution in [3.8, 4) is 5.75 Å². The maximum absolute atomic E-state index is 5.87. The van der Waals surface area contributed by atoms with Gasteiger partial charge in [-0.05, 0) is 45.7 Å². The van der Waals surface area contributed by atoms with Crippen LogP contribution in [0.25, 0.3) is 0 Å². The zero-order valence-corrected chi connectivity index (χ0v) is 14.5. The second kappa shape index (κ2) is 8.77. The van der Waals surface area contributed by atoms with Gasteiger partial charge in [-0.25, -0.2) is 0 Å². The summed E-state index contributed by atoms with van der Waals surface area (Å²) < 4.78 is 11.7. The summed E-state index contributed by atoms with van der Waals surface area (Å²) in [6, 6.07) is 9.87. The Morgan fingerprint density at radius 3 is 2.78 bits per heavy atom. The molecule has 0 aliphatic carbocycles. The molecular formula is C18H29N3O2. The van der Waals surface area contributed by atoms with Gasteiger partial charge in [-0.15, -0.1) is 0 Å². The van der Waals surface area contributed by atoms with E-state index in [-0.39, 0.29) is 11.7 Å². The Kier molecular flexibility index (Phi) is 6.71. The first-order valence-electron chi connectivity index (χ1n) is 8.49. The van der Waals surface area contributed by atoms with Crippen LogP contribution in [0, 0.1) is 0 Å². The lowest BCUT2D eigenvalue weighted by Crippen LogP contribution is -2.43. The Morgan fingerprint density at radius 1 is 1.35 bits per heavy atom. The summed E-state index contributed by atoms with van der Waals surface area (Å²) >= 11 is 0. The van der Waals surface area contributed by atoms with E-state index in [1.807, 2.05) is 37.3 Å². The van der Waals surface area contributed by atoms with Gasteiger partial charge in [0.2, 0.25) is 0 Å². The third-order valence-corrected chi connectivity index (χ3v) is 3.85. The van der Waals surface area contributed by atoms with Crippen LogP contribution in [0.1, 0.15) is 33.6 Å². The molecule has 0 amide bonds. The smallest absolute Gasteiger partial charge is 0.191 e. The molecule has 0 spiro atoms. The van der Waals surface area contributed by atoms with Crippen molar-refractivity contribution in [1.82, 2.24) is 10.6 Å². The van der Waals surface area contributed by atoms with Gasteiger partial charge in [-0.2, -0.15) is 0 Å². The lowest BCUT2D eigenvalue weighted by atomic mass is 10.0. The standard InChI is InChI=1S/C18H29N3O2/c1-4-19-17(21-14-18(3)11-8-12-22-18)20-13-15(2)23-16-9-6-5-7-10-16/h5-7,9-10,15H,4,8,11-14H2,1-3H3,(H2,19,20,21). The molecule has 2 unspecified atom stereocenters. The van der Waals surface area contributed by atoms with Crippen LogP contribution in [-0.2, 0) is 4.74 Å². The van der Waals surface area contributed by atoms with E-state index in [1.54, 1.807) is 0 Å². The molecule has 0 aromatic heterocycles. The number of nitrogens with zero attached hydrogens (tertiary/aromatic N) is 1. The maximum Gasteiger partial charge on any atom is 0.191 e. The molecule has 2 atom stereocenters. The number of ether oxygens (including phenoxy) is 2. The van der Waals surface area contributed by atoms with Crippen molar-refractivity contribution in [1.29, 1.82) is 0 Å². The number of rotatable bonds is 7. The van der Waals surface area contributed by atoms with Gasteiger partial charge < -0.3 is 20.1 Å². The molecule has 1 aromatic carbocycles. The van der Waals surface area contributed by atoms with Crippen LogP contribution >= 0.6 is 0 Å². The number of aliphatic imine (C=N–C) groups is 1. The van der Waals surface area contributed by atoms with Crippen LogP contribution in [0.15, 0.2) is 35.3 Å². The SMILES string of the molecule is CCNC(=NCC1(C)CCCO1)NCC(C)Oc1ccccc1. The third kappa shape index (κ3) is 6.10. The van der Waals surface area contributed by atoms with Crippen molar-refractivity contribution in [3.63, 3.8) is 0 Å². The minimum absolute atomic E-state index is 0.0552. The molecule has 1 heterocycles. The molecule has 0 bridgehead atoms. The van der Waals surface area contributed by atoms with Gasteiger partial charge in [-0.1, -0.05) is 18.2 Å². The van der Waals surface area contributed by atoms with E-state index in [0.29, 0.717) is 13.1 Å². The van der Waals surface area contributed by atoms with Gasteiger partial charge in [0.1, 0.15) is 11.9 Å². The molecule has 2 N–H and O–H groups in total. The summed E-state index contributed by atoms with van der Waals surface area (Å²) in [7, 11) is 0. The second-order valence-corrected chi connectivity index (χ2v) is 6.22. The molecule has 5 heteroatoms. The van der Waals surface area contributed by atoms with Gasteiger partial charge >= 0.3 is 0 Å². The molecule has 5 nitrogen and oxygen atoms in total. The Hall–Kier alpha value is -1.75. The lowest BCUT2D eigenvalue weighted by Gasteiger charge is -2.22. The van der Waals surface area contributed by atoms with Crippen LogP contribution in [-0.4, -0.2) is 43.9 Å². The van der Waals surface area contributed by atoms with Crippen LogP contribution in [0.4, 0.5) is 0 Å². The highest BCUT2D eigenvalue weighted by atomic mass is 16.5. The van der Waals surface area contributed by atoms with E-state index < -0.39 is 0 Å². The van der Waals surface area contributed by atoms with E-state index in [4.69, 9.17) is 9.47 Å². The van der Waals surface area contributed by atoms with Crippen molar-refractivity contribution >= 4 is 5.96 Å². The first-order valence-corrected chi connectivity index (χ1v) is 8.49. The average molecular weight is 319 g/mol. The van der Waals surface area contributed by atoms with Crippen LogP contribution < -0.4 is 15.4 Å². The Bertz CT molecular complexity index is 484. The van der Waals surface area contributed by atoms with Gasteiger partial charge in [-0.3, -0.25) is 4.99 Å². The Morgan fingerprint density at radius 2 is 2.13 bits per heavy atom. The first kappa shape index (κ1) is 17.6. The van der Waals surface area contributed by atoms with Gasteiger partial charge in [0.05, 0.1) is 18.7 Å². The van der Waals surface area contributed by atoms with E-state index in [1.165, 1.54) is 0 Å². The number of hydrogen-bond donors (Lipinski definition) is 2. The highest BCUT2D eigenvalue weighted by molar-refractivity contribution is 5.79. The van der Waals surface area contributed by atoms with E-state index in [2.05, 4.69) is 29.5 Å². The Labute approximate surface area is 139 Å². The fourth-order valence-electron chi connectivity index (χ4n) is 2.56. The summed E-state index contributed by atoms with van der Waals surface area (Å²) in [4.78, 5) is 4.66. The normalized spacial score (nSPS) is 22.7. The van der Waals surface area contributed by atoms with E-state index in [0.717, 1.165) is 37.7 Å². The largest absolute Gasteiger partial charge is 0.489 e. The minimum Gasteiger partial charge on any atom is -0.489 e. The van der Waals surface area contributed by atoms with Crippen molar-refractivity contribution in [3.05, 3.63) is 30.3 Å². The zero-order valence-electron chi connectivity index (χ0n) is 14.5. The first-order chi connectivity index (χ1) is 11.1. The number of guanidine groups is 1. The number of hydrogen-bond acceptors (Lipinski definition) is 3. The summed E-state index contributed by atoms with van der Waals surface area (Å²) in [6.07, 6.45) is 2.25. The molecule has 1 aromatic rings. The average Bonchev–Trinajstić information content (AvgIpc) is 2.98. The molecule has 2 rings (SSSR count). The van der Waals surface area contributed by atoms with Crippen LogP contribution in [0.2, 0.25) is 0 Å². The molecule has 23 heavy (non-hydrogen) atoms. The topological polar surface area (TPSA) is 54.9 Å². The molecule has 1 fully saturated rings. The molecule has 1 aliphatic rings. The van der Waals surface area contributed by atoms with E-state index in [9.17, 15) is 0 Å². The molecule has 1 aliphatic heterocycles. The van der Waals surface area contributed by atoms with Crippen molar-refractivity contribution in [2.45, 2.75) is 45.3 Å². The lowest BCUT2D eigenvalue weighted by molar-refractivity contribution is 0.0283. The minimum atomic E-state index is -0.117.